The van der Waals surface area contributed by atoms with Crippen molar-refractivity contribution in [1.29, 1.82) is 0 Å². The summed E-state index contributed by atoms with van der Waals surface area (Å²) >= 11 is 0. The summed E-state index contributed by atoms with van der Waals surface area (Å²) in [6, 6.07) is 7.38. The van der Waals surface area contributed by atoms with Gasteiger partial charge in [-0.2, -0.15) is 0 Å². The molecule has 1 aliphatic heterocycles. The van der Waals surface area contributed by atoms with Crippen LogP contribution in [0.1, 0.15) is 76.8 Å². The number of carboxylic acids is 1. The quantitative estimate of drug-likeness (QED) is 0.254. The molecule has 1 atom stereocenters. The highest BCUT2D eigenvalue weighted by molar-refractivity contribution is 5.85. The van der Waals surface area contributed by atoms with Gasteiger partial charge in [-0.3, -0.25) is 9.97 Å². The number of halogens is 2. The topological polar surface area (TPSA) is 84.8 Å². The normalized spacial score (nSPS) is 15.9. The lowest BCUT2D eigenvalue weighted by Gasteiger charge is -2.41. The number of benzene rings is 1. The molecule has 0 radical (unpaired) electrons. The van der Waals surface area contributed by atoms with E-state index in [0.29, 0.717) is 54.1 Å². The van der Waals surface area contributed by atoms with Crippen molar-refractivity contribution >= 4 is 11.7 Å². The zero-order chi connectivity index (χ0) is 30.7. The fraction of sp³-hybridized carbons (Fsp3) is 0.485. The molecule has 0 amide bonds. The number of hydrogen-bond acceptors (Lipinski definition) is 6. The molecule has 1 fully saturated rings. The van der Waals surface area contributed by atoms with Gasteiger partial charge in [-0.25, -0.2) is 13.6 Å². The number of rotatable bonds is 11. The molecule has 3 heterocycles. The molecule has 226 valence electrons. The molecule has 0 unspecified atom stereocenters. The molecular weight excluding hydrogens is 540 g/mol. The number of anilines is 1. The zero-order valence-corrected chi connectivity index (χ0v) is 25.3. The van der Waals surface area contributed by atoms with Crippen LogP contribution in [-0.4, -0.2) is 46.3 Å². The molecule has 0 saturated carbocycles. The van der Waals surface area contributed by atoms with Crippen molar-refractivity contribution in [1.82, 2.24) is 9.97 Å². The summed E-state index contributed by atoms with van der Waals surface area (Å²) in [6.07, 6.45) is 4.62. The Balaban J connectivity index is 1.72. The van der Waals surface area contributed by atoms with Gasteiger partial charge >= 0.3 is 5.97 Å². The van der Waals surface area contributed by atoms with Crippen LogP contribution in [-0.2, 0) is 16.0 Å². The largest absolute Gasteiger partial charge is 0.489 e. The van der Waals surface area contributed by atoms with Gasteiger partial charge in [0, 0.05) is 48.6 Å². The Morgan fingerprint density at radius 3 is 2.38 bits per heavy atom. The number of nitrogens with zero attached hydrogens (tertiary/aromatic N) is 3. The molecule has 42 heavy (non-hydrogen) atoms. The van der Waals surface area contributed by atoms with Gasteiger partial charge < -0.3 is 19.5 Å². The van der Waals surface area contributed by atoms with E-state index in [1.807, 2.05) is 20.8 Å². The molecule has 3 aromatic rings. The average molecular weight is 582 g/mol. The van der Waals surface area contributed by atoms with Gasteiger partial charge in [0.2, 0.25) is 0 Å². The van der Waals surface area contributed by atoms with E-state index in [9.17, 15) is 14.3 Å². The highest BCUT2D eigenvalue weighted by Crippen LogP contribution is 2.43. The van der Waals surface area contributed by atoms with Crippen molar-refractivity contribution in [2.24, 2.45) is 5.41 Å². The first-order valence-corrected chi connectivity index (χ1v) is 14.5. The number of carbonyl (C=O) groups is 1. The number of piperidine rings is 1. The van der Waals surface area contributed by atoms with Crippen molar-refractivity contribution in [3.63, 3.8) is 0 Å². The molecule has 0 bridgehead atoms. The maximum Gasteiger partial charge on any atom is 0.337 e. The van der Waals surface area contributed by atoms with E-state index in [4.69, 9.17) is 9.47 Å². The van der Waals surface area contributed by atoms with Crippen LogP contribution in [0.25, 0.3) is 11.3 Å². The molecule has 1 aromatic carbocycles. The molecule has 1 saturated heterocycles. The van der Waals surface area contributed by atoms with Crippen LogP contribution >= 0.6 is 0 Å². The van der Waals surface area contributed by atoms with E-state index in [0.717, 1.165) is 18.4 Å². The lowest BCUT2D eigenvalue weighted by atomic mass is 9.82. The third-order valence-electron chi connectivity index (χ3n) is 8.15. The van der Waals surface area contributed by atoms with Crippen LogP contribution in [0.2, 0.25) is 0 Å². The minimum absolute atomic E-state index is 0.00105. The monoisotopic (exact) mass is 581 g/mol. The fourth-order valence-electron chi connectivity index (χ4n) is 5.02. The van der Waals surface area contributed by atoms with Crippen molar-refractivity contribution in [3.05, 3.63) is 71.2 Å². The summed E-state index contributed by atoms with van der Waals surface area (Å²) in [5.74, 6) is -2.02. The molecule has 0 spiro atoms. The summed E-state index contributed by atoms with van der Waals surface area (Å²) in [7, 11) is 0. The first-order chi connectivity index (χ1) is 19.8. The number of aryl methyl sites for hydroxylation is 1. The predicted molar refractivity (Wildman–Crippen MR) is 159 cm³/mol. The van der Waals surface area contributed by atoms with Gasteiger partial charge in [-0.05, 0) is 63.1 Å². The number of hydrogen-bond donors (Lipinski definition) is 1. The highest BCUT2D eigenvalue weighted by atomic mass is 19.1. The minimum Gasteiger partial charge on any atom is -0.489 e. The second kappa shape index (κ2) is 12.7. The van der Waals surface area contributed by atoms with E-state index in [2.05, 4.69) is 28.7 Å². The van der Waals surface area contributed by atoms with E-state index in [1.54, 1.807) is 25.3 Å². The average Bonchev–Trinajstić information content (AvgIpc) is 2.94. The molecule has 2 aromatic heterocycles. The Morgan fingerprint density at radius 2 is 1.79 bits per heavy atom. The Hall–Kier alpha value is -3.59. The molecule has 4 rings (SSSR count). The summed E-state index contributed by atoms with van der Waals surface area (Å²) in [5.41, 5.74) is 2.86. The maximum atomic E-state index is 15.4. The number of ether oxygens (including phenoxy) is 2. The van der Waals surface area contributed by atoms with Crippen molar-refractivity contribution in [2.45, 2.75) is 78.9 Å². The molecule has 9 heteroatoms. The number of pyridine rings is 2. The fourth-order valence-corrected chi connectivity index (χ4v) is 5.02. The second-order valence-corrected chi connectivity index (χ2v) is 12.3. The van der Waals surface area contributed by atoms with E-state index < -0.39 is 23.5 Å². The second-order valence-electron chi connectivity index (χ2n) is 12.3. The Bertz CT molecular complexity index is 1400. The number of carboxylic acid groups (broad SMARTS) is 1. The van der Waals surface area contributed by atoms with Crippen molar-refractivity contribution in [2.75, 3.05) is 24.6 Å². The third-order valence-corrected chi connectivity index (χ3v) is 8.15. The molecular formula is C33H41F2N3O4. The summed E-state index contributed by atoms with van der Waals surface area (Å²) in [4.78, 5) is 23.9. The molecule has 0 aliphatic carbocycles. The SMILES string of the molecule is CCC(C)(C)O[C@H](C(=O)O)c1c(C)ncc(-c2cc(F)c(OCCc3ccc(F)cc3)cn2)c1N1CCC(C)(C)CC1. The van der Waals surface area contributed by atoms with Crippen LogP contribution in [0.5, 0.6) is 5.75 Å². The lowest BCUT2D eigenvalue weighted by molar-refractivity contribution is -0.162. The first-order valence-electron chi connectivity index (χ1n) is 14.5. The van der Waals surface area contributed by atoms with Gasteiger partial charge in [-0.1, -0.05) is 32.9 Å². The summed E-state index contributed by atoms with van der Waals surface area (Å²) < 4.78 is 40.4. The van der Waals surface area contributed by atoms with E-state index >= 15 is 4.39 Å². The molecule has 7 nitrogen and oxygen atoms in total. The highest BCUT2D eigenvalue weighted by Gasteiger charge is 2.36. The van der Waals surface area contributed by atoms with Crippen LogP contribution in [0, 0.1) is 24.0 Å². The number of aromatic nitrogens is 2. The first kappa shape index (κ1) is 31.3. The van der Waals surface area contributed by atoms with Crippen LogP contribution < -0.4 is 9.64 Å². The standard InChI is InChI=1S/C33H41F2N3O4/c1-7-33(5,6)42-30(31(39)40)28-21(2)36-19-24(29(28)38-15-13-32(3,4)14-16-38)26-18-25(35)27(20-37-26)41-17-12-22-8-10-23(34)11-9-22/h8-11,18-20,30H,7,12-17H2,1-6H3,(H,39,40)/t30-/m0/s1. The smallest absolute Gasteiger partial charge is 0.337 e. The van der Waals surface area contributed by atoms with Crippen LogP contribution in [0.3, 0.4) is 0 Å². The van der Waals surface area contributed by atoms with Gasteiger partial charge in [-0.15, -0.1) is 0 Å². The van der Waals surface area contributed by atoms with E-state index in [1.165, 1.54) is 24.4 Å². The van der Waals surface area contributed by atoms with Crippen molar-refractivity contribution < 1.29 is 28.2 Å². The Morgan fingerprint density at radius 1 is 1.12 bits per heavy atom. The van der Waals surface area contributed by atoms with Crippen molar-refractivity contribution in [3.8, 4) is 17.0 Å². The maximum absolute atomic E-state index is 15.4. The zero-order valence-electron chi connectivity index (χ0n) is 25.3. The minimum atomic E-state index is -1.27. The van der Waals surface area contributed by atoms with Crippen LogP contribution in [0.15, 0.2) is 42.7 Å². The molecule has 1 aliphatic rings. The third kappa shape index (κ3) is 7.43. The summed E-state index contributed by atoms with van der Waals surface area (Å²) in [5, 5.41) is 10.4. The van der Waals surface area contributed by atoms with Gasteiger partial charge in [0.1, 0.15) is 5.82 Å². The Kier molecular flexibility index (Phi) is 9.50. The van der Waals surface area contributed by atoms with Gasteiger partial charge in [0.05, 0.1) is 29.8 Å². The molecule has 1 N–H and O–H groups in total. The van der Waals surface area contributed by atoms with Crippen LogP contribution in [0.4, 0.5) is 14.5 Å². The number of aliphatic carboxylic acids is 1. The predicted octanol–water partition coefficient (Wildman–Crippen LogP) is 7.31. The Labute approximate surface area is 246 Å². The lowest BCUT2D eigenvalue weighted by Crippen LogP contribution is -2.39. The van der Waals surface area contributed by atoms with Gasteiger partial charge in [0.15, 0.2) is 17.7 Å². The van der Waals surface area contributed by atoms with Gasteiger partial charge in [0.25, 0.3) is 0 Å². The van der Waals surface area contributed by atoms with E-state index in [-0.39, 0.29) is 23.6 Å². The summed E-state index contributed by atoms with van der Waals surface area (Å²) in [6.45, 7) is 13.5.